The molecule has 0 aliphatic heterocycles. The topological polar surface area (TPSA) is 55.1 Å². The van der Waals surface area contributed by atoms with Gasteiger partial charge in [-0.15, -0.1) is 0 Å². The maximum Gasteiger partial charge on any atom is 0.144 e. The lowest BCUT2D eigenvalue weighted by molar-refractivity contribution is 0.0209. The van der Waals surface area contributed by atoms with E-state index in [1.165, 1.54) is 0 Å². The molecule has 0 radical (unpaired) electrons. The Balaban J connectivity index is 1.98. The molecule has 1 aliphatic rings. The van der Waals surface area contributed by atoms with Gasteiger partial charge in [-0.1, -0.05) is 0 Å². The molecule has 0 N–H and O–H groups in total. The zero-order valence-electron chi connectivity index (χ0n) is 9.93. The lowest BCUT2D eigenvalue weighted by Crippen LogP contribution is -2.29. The van der Waals surface area contributed by atoms with Crippen molar-refractivity contribution in [2.24, 2.45) is 0 Å². The summed E-state index contributed by atoms with van der Waals surface area (Å²) in [6.07, 6.45) is 6.28. The van der Waals surface area contributed by atoms with Crippen LogP contribution < -0.4 is 4.74 Å². The summed E-state index contributed by atoms with van der Waals surface area (Å²) in [7, 11) is 1.74. The maximum absolute atomic E-state index is 8.76. The molecule has 1 saturated carbocycles. The Kier molecular flexibility index (Phi) is 3.94. The number of ether oxygens (including phenoxy) is 2. The Morgan fingerprint density at radius 2 is 2.24 bits per heavy atom. The molecule has 1 aromatic rings. The van der Waals surface area contributed by atoms with Crippen LogP contribution in [0.5, 0.6) is 5.75 Å². The first kappa shape index (κ1) is 11.9. The van der Waals surface area contributed by atoms with E-state index >= 15 is 0 Å². The van der Waals surface area contributed by atoms with Gasteiger partial charge in [-0.2, -0.15) is 5.26 Å². The van der Waals surface area contributed by atoms with Crippen LogP contribution >= 0.6 is 0 Å². The van der Waals surface area contributed by atoms with Crippen LogP contribution in [0.1, 0.15) is 31.4 Å². The molecule has 0 aromatic carbocycles. The first-order valence-corrected chi connectivity index (χ1v) is 5.87. The second kappa shape index (κ2) is 5.65. The van der Waals surface area contributed by atoms with Gasteiger partial charge < -0.3 is 9.47 Å². The molecule has 1 aromatic heterocycles. The SMILES string of the molecule is COC1CCCC(Oc2ccnc(C#N)c2)C1. The highest BCUT2D eigenvalue weighted by Crippen LogP contribution is 2.25. The Bertz CT molecular complexity index is 414. The number of rotatable bonds is 3. The fraction of sp³-hybridized carbons (Fsp3) is 0.538. The molecule has 1 fully saturated rings. The van der Waals surface area contributed by atoms with Gasteiger partial charge in [0, 0.05) is 25.8 Å². The fourth-order valence-corrected chi connectivity index (χ4v) is 2.16. The normalized spacial score (nSPS) is 24.0. The molecule has 2 rings (SSSR count). The summed E-state index contributed by atoms with van der Waals surface area (Å²) in [4.78, 5) is 3.92. The van der Waals surface area contributed by atoms with Crippen molar-refractivity contribution in [3.8, 4) is 11.8 Å². The molecule has 4 heteroatoms. The number of aromatic nitrogens is 1. The monoisotopic (exact) mass is 232 g/mol. The predicted molar refractivity (Wildman–Crippen MR) is 62.6 cm³/mol. The molecule has 1 heterocycles. The van der Waals surface area contributed by atoms with Gasteiger partial charge in [0.15, 0.2) is 0 Å². The maximum atomic E-state index is 8.76. The predicted octanol–water partition coefficient (Wildman–Crippen LogP) is 2.29. The van der Waals surface area contributed by atoms with Crippen LogP contribution in [0.2, 0.25) is 0 Å². The van der Waals surface area contributed by atoms with E-state index in [-0.39, 0.29) is 6.10 Å². The van der Waals surface area contributed by atoms with Crippen molar-refractivity contribution in [3.05, 3.63) is 24.0 Å². The minimum atomic E-state index is 0.183. The van der Waals surface area contributed by atoms with Gasteiger partial charge in [0.1, 0.15) is 23.6 Å². The first-order valence-electron chi connectivity index (χ1n) is 5.87. The second-order valence-electron chi connectivity index (χ2n) is 4.25. The minimum Gasteiger partial charge on any atom is -0.490 e. The van der Waals surface area contributed by atoms with Crippen molar-refractivity contribution in [2.45, 2.75) is 37.9 Å². The van der Waals surface area contributed by atoms with Gasteiger partial charge in [0.25, 0.3) is 0 Å². The average molecular weight is 232 g/mol. The van der Waals surface area contributed by atoms with Crippen LogP contribution in [0.25, 0.3) is 0 Å². The Hall–Kier alpha value is -1.60. The lowest BCUT2D eigenvalue weighted by Gasteiger charge is -2.28. The molecular weight excluding hydrogens is 216 g/mol. The molecule has 2 unspecified atom stereocenters. The number of nitriles is 1. The van der Waals surface area contributed by atoms with E-state index in [0.29, 0.717) is 11.8 Å². The molecule has 0 bridgehead atoms. The average Bonchev–Trinajstić information content (AvgIpc) is 2.39. The third kappa shape index (κ3) is 3.18. The Morgan fingerprint density at radius 1 is 1.41 bits per heavy atom. The third-order valence-corrected chi connectivity index (χ3v) is 3.06. The van der Waals surface area contributed by atoms with Crippen molar-refractivity contribution in [3.63, 3.8) is 0 Å². The standard InChI is InChI=1S/C13H16N2O2/c1-16-11-3-2-4-12(8-11)17-13-5-6-15-10(7-13)9-14/h5-7,11-12H,2-4,8H2,1H3. The van der Waals surface area contributed by atoms with Crippen molar-refractivity contribution >= 4 is 0 Å². The van der Waals surface area contributed by atoms with Crippen LogP contribution in [0.15, 0.2) is 18.3 Å². The van der Waals surface area contributed by atoms with Crippen LogP contribution in [-0.4, -0.2) is 24.3 Å². The Labute approximate surface area is 101 Å². The highest BCUT2D eigenvalue weighted by atomic mass is 16.5. The minimum absolute atomic E-state index is 0.183. The van der Waals surface area contributed by atoms with Gasteiger partial charge in [0.2, 0.25) is 0 Å². The number of hydrogen-bond acceptors (Lipinski definition) is 4. The summed E-state index contributed by atoms with van der Waals surface area (Å²) < 4.78 is 11.2. The molecule has 17 heavy (non-hydrogen) atoms. The zero-order valence-corrected chi connectivity index (χ0v) is 9.93. The summed E-state index contributed by atoms with van der Waals surface area (Å²) in [5, 5.41) is 8.76. The van der Waals surface area contributed by atoms with Gasteiger partial charge in [-0.25, -0.2) is 4.98 Å². The van der Waals surface area contributed by atoms with Crippen LogP contribution in [0.4, 0.5) is 0 Å². The van der Waals surface area contributed by atoms with Crippen molar-refractivity contribution in [1.82, 2.24) is 4.98 Å². The largest absolute Gasteiger partial charge is 0.490 e. The van der Waals surface area contributed by atoms with Gasteiger partial charge in [0.05, 0.1) is 6.10 Å². The first-order chi connectivity index (χ1) is 8.31. The summed E-state index contributed by atoms with van der Waals surface area (Å²) in [6.45, 7) is 0. The van der Waals surface area contributed by atoms with Crippen LogP contribution in [0, 0.1) is 11.3 Å². The van der Waals surface area contributed by atoms with E-state index in [2.05, 4.69) is 4.98 Å². The van der Waals surface area contributed by atoms with Crippen molar-refractivity contribution in [2.75, 3.05) is 7.11 Å². The van der Waals surface area contributed by atoms with Gasteiger partial charge >= 0.3 is 0 Å². The third-order valence-electron chi connectivity index (χ3n) is 3.06. The quantitative estimate of drug-likeness (QED) is 0.802. The smallest absolute Gasteiger partial charge is 0.144 e. The molecule has 4 nitrogen and oxygen atoms in total. The van der Waals surface area contributed by atoms with E-state index in [0.717, 1.165) is 31.4 Å². The second-order valence-corrected chi connectivity index (χ2v) is 4.25. The Morgan fingerprint density at radius 3 is 3.00 bits per heavy atom. The van der Waals surface area contributed by atoms with E-state index < -0.39 is 0 Å². The van der Waals surface area contributed by atoms with E-state index in [4.69, 9.17) is 14.7 Å². The molecule has 1 aliphatic carbocycles. The molecule has 0 amide bonds. The number of methoxy groups -OCH3 is 1. The highest BCUT2D eigenvalue weighted by Gasteiger charge is 2.23. The van der Waals surface area contributed by atoms with Crippen LogP contribution in [0.3, 0.4) is 0 Å². The summed E-state index contributed by atoms with van der Waals surface area (Å²) >= 11 is 0. The zero-order chi connectivity index (χ0) is 12.1. The summed E-state index contributed by atoms with van der Waals surface area (Å²) in [6, 6.07) is 5.47. The molecule has 0 saturated heterocycles. The number of pyridine rings is 1. The van der Waals surface area contributed by atoms with Crippen LogP contribution in [-0.2, 0) is 4.74 Å². The lowest BCUT2D eigenvalue weighted by atomic mass is 9.95. The highest BCUT2D eigenvalue weighted by molar-refractivity contribution is 5.29. The molecule has 0 spiro atoms. The molecular formula is C13H16N2O2. The number of nitrogens with zero attached hydrogens (tertiary/aromatic N) is 2. The fourth-order valence-electron chi connectivity index (χ4n) is 2.16. The van der Waals surface area contributed by atoms with Crippen molar-refractivity contribution in [1.29, 1.82) is 5.26 Å². The van der Waals surface area contributed by atoms with E-state index in [1.807, 2.05) is 6.07 Å². The van der Waals surface area contributed by atoms with E-state index in [1.54, 1.807) is 25.4 Å². The molecule has 2 atom stereocenters. The summed E-state index contributed by atoms with van der Waals surface area (Å²) in [5.41, 5.74) is 0.390. The number of hydrogen-bond donors (Lipinski definition) is 0. The molecule has 90 valence electrons. The van der Waals surface area contributed by atoms with Gasteiger partial charge in [-0.3, -0.25) is 0 Å². The summed E-state index contributed by atoms with van der Waals surface area (Å²) in [5.74, 6) is 0.721. The van der Waals surface area contributed by atoms with Crippen molar-refractivity contribution < 1.29 is 9.47 Å². The van der Waals surface area contributed by atoms with Gasteiger partial charge in [-0.05, 0) is 25.3 Å². The van der Waals surface area contributed by atoms with E-state index in [9.17, 15) is 0 Å².